The Morgan fingerprint density at radius 1 is 1.17 bits per heavy atom. The molecule has 3 aliphatic rings. The van der Waals surface area contributed by atoms with E-state index in [1.807, 2.05) is 9.80 Å². The number of piperidine rings is 1. The van der Waals surface area contributed by atoms with Crippen molar-refractivity contribution in [3.63, 3.8) is 0 Å². The monoisotopic (exact) mass is 332 g/mol. The van der Waals surface area contributed by atoms with Crippen molar-refractivity contribution in [1.82, 2.24) is 19.9 Å². The molecule has 1 atom stereocenters. The van der Waals surface area contributed by atoms with Crippen molar-refractivity contribution in [2.75, 3.05) is 19.6 Å². The zero-order valence-electron chi connectivity index (χ0n) is 13.9. The molecule has 0 bridgehead atoms. The van der Waals surface area contributed by atoms with Gasteiger partial charge < -0.3 is 14.3 Å². The van der Waals surface area contributed by atoms with E-state index in [1.165, 1.54) is 19.2 Å². The van der Waals surface area contributed by atoms with Gasteiger partial charge in [0.1, 0.15) is 0 Å². The second kappa shape index (κ2) is 6.53. The van der Waals surface area contributed by atoms with E-state index in [9.17, 15) is 9.59 Å². The zero-order chi connectivity index (χ0) is 16.5. The summed E-state index contributed by atoms with van der Waals surface area (Å²) in [5.41, 5.74) is 0. The van der Waals surface area contributed by atoms with Crippen molar-refractivity contribution in [1.29, 1.82) is 0 Å². The summed E-state index contributed by atoms with van der Waals surface area (Å²) in [6, 6.07) is 0.374. The molecule has 1 aromatic rings. The number of carbonyl (C=O) groups is 2. The number of amides is 2. The van der Waals surface area contributed by atoms with Crippen molar-refractivity contribution in [2.24, 2.45) is 5.92 Å². The van der Waals surface area contributed by atoms with Crippen LogP contribution in [0, 0.1) is 5.92 Å². The van der Waals surface area contributed by atoms with Gasteiger partial charge in [-0.2, -0.15) is 4.98 Å². The maximum Gasteiger partial charge on any atom is 0.227 e. The number of likely N-dealkylation sites (tertiary alicyclic amines) is 2. The van der Waals surface area contributed by atoms with Crippen molar-refractivity contribution in [3.8, 4) is 0 Å². The Morgan fingerprint density at radius 2 is 1.92 bits per heavy atom. The van der Waals surface area contributed by atoms with Gasteiger partial charge in [-0.3, -0.25) is 9.59 Å². The third-order valence-electron chi connectivity index (χ3n) is 5.82. The summed E-state index contributed by atoms with van der Waals surface area (Å²) < 4.78 is 4.81. The van der Waals surface area contributed by atoms with E-state index in [2.05, 4.69) is 10.1 Å². The van der Waals surface area contributed by atoms with Crippen LogP contribution in [0.15, 0.2) is 10.9 Å². The molecule has 2 aliphatic heterocycles. The lowest BCUT2D eigenvalue weighted by atomic mass is 9.95. The zero-order valence-corrected chi connectivity index (χ0v) is 13.9. The average molecular weight is 332 g/mol. The Hall–Kier alpha value is -1.92. The molecule has 2 saturated heterocycles. The first-order valence-electron chi connectivity index (χ1n) is 9.07. The fourth-order valence-electron chi connectivity index (χ4n) is 4.44. The summed E-state index contributed by atoms with van der Waals surface area (Å²) >= 11 is 0. The molecule has 130 valence electrons. The van der Waals surface area contributed by atoms with Crippen LogP contribution in [0.3, 0.4) is 0 Å². The van der Waals surface area contributed by atoms with Gasteiger partial charge in [-0.05, 0) is 25.7 Å². The number of hydrogen-bond donors (Lipinski definition) is 0. The van der Waals surface area contributed by atoms with Gasteiger partial charge in [0.15, 0.2) is 5.82 Å². The highest BCUT2D eigenvalue weighted by molar-refractivity contribution is 5.89. The topological polar surface area (TPSA) is 79.5 Å². The highest BCUT2D eigenvalue weighted by atomic mass is 16.5. The molecule has 24 heavy (non-hydrogen) atoms. The van der Waals surface area contributed by atoms with E-state index in [0.29, 0.717) is 32.1 Å². The molecule has 0 spiro atoms. The van der Waals surface area contributed by atoms with Crippen molar-refractivity contribution in [2.45, 2.75) is 56.9 Å². The Labute approximate surface area is 141 Å². The lowest BCUT2D eigenvalue weighted by Gasteiger charge is -2.32. The van der Waals surface area contributed by atoms with Crippen LogP contribution in [-0.4, -0.2) is 57.4 Å². The van der Waals surface area contributed by atoms with Crippen LogP contribution in [0.2, 0.25) is 0 Å². The molecule has 3 fully saturated rings. The SMILES string of the molecule is O=C([C@H]1CC(=O)N(C2CCCC2)C1)N1CCC(c2ncon2)CC1. The van der Waals surface area contributed by atoms with Crippen LogP contribution >= 0.6 is 0 Å². The van der Waals surface area contributed by atoms with Crippen LogP contribution < -0.4 is 0 Å². The van der Waals surface area contributed by atoms with Gasteiger partial charge in [-0.25, -0.2) is 0 Å². The first kappa shape index (κ1) is 15.6. The molecule has 2 amide bonds. The molecule has 3 heterocycles. The summed E-state index contributed by atoms with van der Waals surface area (Å²) in [6.45, 7) is 2.05. The quantitative estimate of drug-likeness (QED) is 0.839. The van der Waals surface area contributed by atoms with Gasteiger partial charge in [-0.15, -0.1) is 0 Å². The van der Waals surface area contributed by atoms with E-state index >= 15 is 0 Å². The molecule has 4 rings (SSSR count). The molecule has 0 aromatic carbocycles. The minimum Gasteiger partial charge on any atom is -0.343 e. The molecular formula is C17H24N4O3. The van der Waals surface area contributed by atoms with Crippen LogP contribution in [0.4, 0.5) is 0 Å². The number of hydrogen-bond acceptors (Lipinski definition) is 5. The average Bonchev–Trinajstić information content (AvgIpc) is 3.35. The summed E-state index contributed by atoms with van der Waals surface area (Å²) in [7, 11) is 0. The smallest absolute Gasteiger partial charge is 0.227 e. The highest BCUT2D eigenvalue weighted by Crippen LogP contribution is 2.32. The third kappa shape index (κ3) is 2.91. The van der Waals surface area contributed by atoms with Gasteiger partial charge in [-0.1, -0.05) is 18.0 Å². The molecule has 7 nitrogen and oxygen atoms in total. The standard InChI is InChI=1S/C17H24N4O3/c22-15-9-13(10-21(15)14-3-1-2-4-14)17(23)20-7-5-12(6-8-20)16-18-11-24-19-16/h11-14H,1-10H2/t13-/m0/s1. The van der Waals surface area contributed by atoms with Crippen LogP contribution in [0.5, 0.6) is 0 Å². The number of aromatic nitrogens is 2. The fraction of sp³-hybridized carbons (Fsp3) is 0.765. The number of carbonyl (C=O) groups excluding carboxylic acids is 2. The molecular weight excluding hydrogens is 308 g/mol. The van der Waals surface area contributed by atoms with Crippen LogP contribution in [0.25, 0.3) is 0 Å². The predicted molar refractivity (Wildman–Crippen MR) is 84.9 cm³/mol. The van der Waals surface area contributed by atoms with E-state index in [0.717, 1.165) is 31.5 Å². The van der Waals surface area contributed by atoms with E-state index in [4.69, 9.17) is 4.52 Å². The van der Waals surface area contributed by atoms with Gasteiger partial charge >= 0.3 is 0 Å². The maximum absolute atomic E-state index is 12.8. The van der Waals surface area contributed by atoms with Crippen molar-refractivity contribution >= 4 is 11.8 Å². The van der Waals surface area contributed by atoms with Crippen molar-refractivity contribution in [3.05, 3.63) is 12.2 Å². The highest BCUT2D eigenvalue weighted by Gasteiger charge is 2.40. The van der Waals surface area contributed by atoms with Gasteiger partial charge in [0.25, 0.3) is 0 Å². The molecule has 1 aromatic heterocycles. The Balaban J connectivity index is 1.33. The largest absolute Gasteiger partial charge is 0.343 e. The third-order valence-corrected chi connectivity index (χ3v) is 5.82. The molecule has 0 N–H and O–H groups in total. The predicted octanol–water partition coefficient (Wildman–Crippen LogP) is 1.57. The molecule has 1 aliphatic carbocycles. The number of nitrogens with zero attached hydrogens (tertiary/aromatic N) is 4. The Morgan fingerprint density at radius 3 is 2.58 bits per heavy atom. The van der Waals surface area contributed by atoms with Crippen molar-refractivity contribution < 1.29 is 14.1 Å². The molecule has 1 saturated carbocycles. The first-order chi connectivity index (χ1) is 11.7. The summed E-state index contributed by atoms with van der Waals surface area (Å²) in [5, 5.41) is 3.91. The molecule has 0 radical (unpaired) electrons. The fourth-order valence-corrected chi connectivity index (χ4v) is 4.44. The lowest BCUT2D eigenvalue weighted by Crippen LogP contribution is -2.42. The first-order valence-corrected chi connectivity index (χ1v) is 9.07. The van der Waals surface area contributed by atoms with E-state index in [1.54, 1.807) is 0 Å². The van der Waals surface area contributed by atoms with Crippen LogP contribution in [0.1, 0.15) is 56.7 Å². The minimum absolute atomic E-state index is 0.149. The molecule has 7 heteroatoms. The Bertz CT molecular complexity index is 589. The Kier molecular flexibility index (Phi) is 4.24. The normalized spacial score (nSPS) is 26.5. The molecule has 0 unspecified atom stereocenters. The second-order valence-electron chi connectivity index (χ2n) is 7.27. The summed E-state index contributed by atoms with van der Waals surface area (Å²) in [6.07, 6.45) is 8.07. The number of rotatable bonds is 3. The van der Waals surface area contributed by atoms with E-state index < -0.39 is 0 Å². The van der Waals surface area contributed by atoms with Gasteiger partial charge in [0.05, 0.1) is 5.92 Å². The maximum atomic E-state index is 12.8. The van der Waals surface area contributed by atoms with Gasteiger partial charge in [0, 0.05) is 38.0 Å². The minimum atomic E-state index is -0.153. The van der Waals surface area contributed by atoms with Gasteiger partial charge in [0.2, 0.25) is 18.2 Å². The summed E-state index contributed by atoms with van der Waals surface area (Å²) in [5.74, 6) is 1.18. The lowest BCUT2D eigenvalue weighted by molar-refractivity contribution is -0.136. The summed E-state index contributed by atoms with van der Waals surface area (Å²) in [4.78, 5) is 33.1. The van der Waals surface area contributed by atoms with E-state index in [-0.39, 0.29) is 23.7 Å². The van der Waals surface area contributed by atoms with Crippen LogP contribution in [-0.2, 0) is 9.59 Å². The second-order valence-corrected chi connectivity index (χ2v) is 7.27.